The highest BCUT2D eigenvalue weighted by atomic mass is 16.5. The SMILES string of the molecule is CC(c1ccccc1)N1c2ccccc2Oc2c(CN3CCCCC3)cccc21. The smallest absolute Gasteiger partial charge is 0.155 e. The van der Waals surface area contributed by atoms with Crippen molar-refractivity contribution in [2.45, 2.75) is 38.8 Å². The first-order valence-electron chi connectivity index (χ1n) is 10.8. The number of hydrogen-bond acceptors (Lipinski definition) is 3. The van der Waals surface area contributed by atoms with Crippen LogP contribution in [0.2, 0.25) is 0 Å². The van der Waals surface area contributed by atoms with Gasteiger partial charge in [0.2, 0.25) is 0 Å². The molecule has 2 heterocycles. The molecule has 0 radical (unpaired) electrons. The Hall–Kier alpha value is -2.78. The van der Waals surface area contributed by atoms with Crippen molar-refractivity contribution in [3.63, 3.8) is 0 Å². The van der Waals surface area contributed by atoms with Crippen LogP contribution in [-0.2, 0) is 6.54 Å². The highest BCUT2D eigenvalue weighted by molar-refractivity contribution is 5.80. The second kappa shape index (κ2) is 7.92. The van der Waals surface area contributed by atoms with E-state index in [-0.39, 0.29) is 6.04 Å². The highest BCUT2D eigenvalue weighted by Crippen LogP contribution is 2.51. The number of hydrogen-bond donors (Lipinski definition) is 0. The average molecular weight is 385 g/mol. The zero-order valence-electron chi connectivity index (χ0n) is 17.1. The van der Waals surface area contributed by atoms with Crippen LogP contribution in [0.3, 0.4) is 0 Å². The van der Waals surface area contributed by atoms with E-state index in [9.17, 15) is 0 Å². The number of rotatable bonds is 4. The highest BCUT2D eigenvalue weighted by Gasteiger charge is 2.30. The molecule has 29 heavy (non-hydrogen) atoms. The van der Waals surface area contributed by atoms with Crippen molar-refractivity contribution in [3.05, 3.63) is 83.9 Å². The summed E-state index contributed by atoms with van der Waals surface area (Å²) in [7, 11) is 0. The summed E-state index contributed by atoms with van der Waals surface area (Å²) < 4.78 is 6.50. The van der Waals surface area contributed by atoms with E-state index in [1.165, 1.54) is 43.5 Å². The van der Waals surface area contributed by atoms with Crippen molar-refractivity contribution < 1.29 is 4.74 Å². The minimum atomic E-state index is 0.213. The predicted octanol–water partition coefficient (Wildman–Crippen LogP) is 6.68. The lowest BCUT2D eigenvalue weighted by Crippen LogP contribution is -2.30. The Morgan fingerprint density at radius 2 is 1.52 bits per heavy atom. The Kier molecular flexibility index (Phi) is 4.99. The largest absolute Gasteiger partial charge is 0.453 e. The van der Waals surface area contributed by atoms with Crippen molar-refractivity contribution in [1.82, 2.24) is 4.90 Å². The summed E-state index contributed by atoms with van der Waals surface area (Å²) in [5.74, 6) is 1.95. The number of anilines is 2. The zero-order valence-corrected chi connectivity index (χ0v) is 17.1. The molecule has 0 bridgehead atoms. The van der Waals surface area contributed by atoms with Gasteiger partial charge in [0.25, 0.3) is 0 Å². The molecule has 3 heteroatoms. The van der Waals surface area contributed by atoms with E-state index in [1.54, 1.807) is 0 Å². The summed E-state index contributed by atoms with van der Waals surface area (Å²) >= 11 is 0. The van der Waals surface area contributed by atoms with Gasteiger partial charge in [-0.05, 0) is 56.6 Å². The van der Waals surface area contributed by atoms with Crippen molar-refractivity contribution >= 4 is 11.4 Å². The lowest BCUT2D eigenvalue weighted by molar-refractivity contribution is 0.219. The van der Waals surface area contributed by atoms with Crippen LogP contribution in [0.1, 0.15) is 43.4 Å². The molecule has 0 amide bonds. The number of piperidine rings is 1. The summed E-state index contributed by atoms with van der Waals surface area (Å²) in [5, 5.41) is 0. The average Bonchev–Trinajstić information content (AvgIpc) is 2.79. The molecule has 1 saturated heterocycles. The van der Waals surface area contributed by atoms with Crippen molar-refractivity contribution in [1.29, 1.82) is 0 Å². The van der Waals surface area contributed by atoms with Crippen LogP contribution in [0.25, 0.3) is 0 Å². The quantitative estimate of drug-likeness (QED) is 0.499. The molecule has 1 fully saturated rings. The van der Waals surface area contributed by atoms with Crippen LogP contribution in [0.5, 0.6) is 11.5 Å². The first-order chi connectivity index (χ1) is 14.3. The minimum Gasteiger partial charge on any atom is -0.453 e. The van der Waals surface area contributed by atoms with E-state index in [2.05, 4.69) is 89.5 Å². The summed E-state index contributed by atoms with van der Waals surface area (Å²) in [5.41, 5.74) is 4.88. The van der Waals surface area contributed by atoms with Gasteiger partial charge in [-0.2, -0.15) is 0 Å². The Bertz CT molecular complexity index is 979. The zero-order chi connectivity index (χ0) is 19.6. The molecule has 3 aromatic carbocycles. The first-order valence-corrected chi connectivity index (χ1v) is 10.8. The van der Waals surface area contributed by atoms with Gasteiger partial charge in [-0.25, -0.2) is 0 Å². The molecule has 2 aliphatic heterocycles. The monoisotopic (exact) mass is 384 g/mol. The third kappa shape index (κ3) is 3.51. The molecular formula is C26H28N2O. The molecule has 0 saturated carbocycles. The van der Waals surface area contributed by atoms with Crippen molar-refractivity contribution in [2.75, 3.05) is 18.0 Å². The molecule has 0 N–H and O–H groups in total. The molecular weight excluding hydrogens is 356 g/mol. The van der Waals surface area contributed by atoms with E-state index >= 15 is 0 Å². The van der Waals surface area contributed by atoms with E-state index < -0.39 is 0 Å². The molecule has 0 aliphatic carbocycles. The maximum atomic E-state index is 6.50. The van der Waals surface area contributed by atoms with Gasteiger partial charge in [-0.15, -0.1) is 0 Å². The van der Waals surface area contributed by atoms with Gasteiger partial charge in [-0.1, -0.05) is 61.0 Å². The lowest BCUT2D eigenvalue weighted by Gasteiger charge is -2.38. The van der Waals surface area contributed by atoms with E-state index in [1.807, 2.05) is 0 Å². The second-order valence-electron chi connectivity index (χ2n) is 8.13. The van der Waals surface area contributed by atoms with Crippen LogP contribution in [-0.4, -0.2) is 18.0 Å². The topological polar surface area (TPSA) is 15.7 Å². The molecule has 1 atom stereocenters. The molecule has 1 unspecified atom stereocenters. The third-order valence-electron chi connectivity index (χ3n) is 6.18. The fourth-order valence-electron chi connectivity index (χ4n) is 4.64. The van der Waals surface area contributed by atoms with E-state index in [0.29, 0.717) is 0 Å². The lowest BCUT2D eigenvalue weighted by atomic mass is 10.0. The third-order valence-corrected chi connectivity index (χ3v) is 6.18. The van der Waals surface area contributed by atoms with Crippen LogP contribution >= 0.6 is 0 Å². The normalized spacial score (nSPS) is 17.2. The summed E-state index contributed by atoms with van der Waals surface area (Å²) in [6.45, 7) is 5.60. The predicted molar refractivity (Wildman–Crippen MR) is 119 cm³/mol. The number of likely N-dealkylation sites (tertiary alicyclic amines) is 1. The standard InChI is InChI=1S/C26H28N2O/c1-20(21-11-4-2-5-12-21)28-23-14-6-7-16-25(23)29-26-22(13-10-15-24(26)28)19-27-17-8-3-9-18-27/h2,4-7,10-16,20H,3,8-9,17-19H2,1H3. The Morgan fingerprint density at radius 1 is 0.793 bits per heavy atom. The molecule has 3 nitrogen and oxygen atoms in total. The maximum absolute atomic E-state index is 6.50. The molecule has 0 aromatic heterocycles. The molecule has 2 aliphatic rings. The fraction of sp³-hybridized carbons (Fsp3) is 0.308. The second-order valence-corrected chi connectivity index (χ2v) is 8.13. The molecule has 5 rings (SSSR count). The summed E-state index contributed by atoms with van der Waals surface area (Å²) in [4.78, 5) is 5.00. The van der Waals surface area contributed by atoms with Gasteiger partial charge in [0.05, 0.1) is 17.4 Å². The molecule has 148 valence electrons. The van der Waals surface area contributed by atoms with Gasteiger partial charge in [0.1, 0.15) is 0 Å². The van der Waals surface area contributed by atoms with E-state index in [0.717, 1.165) is 29.4 Å². The summed E-state index contributed by atoms with van der Waals surface area (Å²) in [6, 6.07) is 25.9. The fourth-order valence-corrected chi connectivity index (χ4v) is 4.64. The minimum absolute atomic E-state index is 0.213. The van der Waals surface area contributed by atoms with Crippen molar-refractivity contribution in [2.24, 2.45) is 0 Å². The van der Waals surface area contributed by atoms with Crippen LogP contribution < -0.4 is 9.64 Å². The summed E-state index contributed by atoms with van der Waals surface area (Å²) in [6.07, 6.45) is 3.96. The van der Waals surface area contributed by atoms with Gasteiger partial charge < -0.3 is 9.64 Å². The maximum Gasteiger partial charge on any atom is 0.155 e. The van der Waals surface area contributed by atoms with Crippen LogP contribution in [0, 0.1) is 0 Å². The number of nitrogens with zero attached hydrogens (tertiary/aromatic N) is 2. The van der Waals surface area contributed by atoms with Crippen LogP contribution in [0.4, 0.5) is 11.4 Å². The van der Waals surface area contributed by atoms with Gasteiger partial charge >= 0.3 is 0 Å². The number of benzene rings is 3. The molecule has 3 aromatic rings. The van der Waals surface area contributed by atoms with Gasteiger partial charge in [-0.3, -0.25) is 4.90 Å². The van der Waals surface area contributed by atoms with Crippen molar-refractivity contribution in [3.8, 4) is 11.5 Å². The van der Waals surface area contributed by atoms with Gasteiger partial charge in [0.15, 0.2) is 11.5 Å². The Balaban J connectivity index is 1.57. The Morgan fingerprint density at radius 3 is 2.34 bits per heavy atom. The molecule has 0 spiro atoms. The van der Waals surface area contributed by atoms with E-state index in [4.69, 9.17) is 4.74 Å². The number of ether oxygens (including phenoxy) is 1. The Labute approximate surface area is 173 Å². The number of para-hydroxylation sites is 3. The van der Waals surface area contributed by atoms with Crippen LogP contribution in [0.15, 0.2) is 72.8 Å². The number of fused-ring (bicyclic) bond motifs is 2. The first kappa shape index (κ1) is 18.3. The van der Waals surface area contributed by atoms with Gasteiger partial charge in [0, 0.05) is 12.1 Å².